The van der Waals surface area contributed by atoms with Crippen molar-refractivity contribution >= 4 is 19.8 Å². The quantitative estimate of drug-likeness (QED) is 0.0264. The molecule has 0 bridgehead atoms. The van der Waals surface area contributed by atoms with Gasteiger partial charge in [-0.2, -0.15) is 0 Å². The van der Waals surface area contributed by atoms with Crippen molar-refractivity contribution in [2.75, 3.05) is 26.4 Å². The summed E-state index contributed by atoms with van der Waals surface area (Å²) in [6, 6.07) is 0. The number of hydrogen-bond acceptors (Lipinski definition) is 8. The van der Waals surface area contributed by atoms with Crippen molar-refractivity contribution in [2.24, 2.45) is 5.73 Å². The molecule has 0 heterocycles. The molecule has 0 aromatic heterocycles. The van der Waals surface area contributed by atoms with Gasteiger partial charge < -0.3 is 20.1 Å². The average Bonchev–Trinajstić information content (AvgIpc) is 0.970. The second-order valence-corrected chi connectivity index (χ2v) is 29.4. The minimum absolute atomic E-state index is 0.0455. The first-order valence-corrected chi connectivity index (χ1v) is 44.1. The van der Waals surface area contributed by atoms with Crippen LogP contribution in [0, 0.1) is 0 Å². The monoisotopic (exact) mass is 1450 g/mol. The molecule has 588 valence electrons. The summed E-state index contributed by atoms with van der Waals surface area (Å²) in [7, 11) is -4.41. The van der Waals surface area contributed by atoms with E-state index in [1.54, 1.807) is 0 Å². The number of allylic oxidation sites excluding steroid dienone is 28. The number of phosphoric ester groups is 1. The zero-order valence-corrected chi connectivity index (χ0v) is 67.4. The van der Waals surface area contributed by atoms with Gasteiger partial charge in [0.25, 0.3) is 0 Å². The molecule has 2 atom stereocenters. The van der Waals surface area contributed by atoms with E-state index in [9.17, 15) is 19.0 Å². The summed E-state index contributed by atoms with van der Waals surface area (Å²) >= 11 is 0. The zero-order chi connectivity index (χ0) is 74.3. The average molecular weight is 1450 g/mol. The largest absolute Gasteiger partial charge is 0.472 e. The molecule has 0 fully saturated rings. The molecular formula is C93H158NO8P. The molecule has 10 heteroatoms. The third-order valence-corrected chi connectivity index (χ3v) is 19.1. The number of rotatable bonds is 79. The maximum atomic E-state index is 12.8. The van der Waals surface area contributed by atoms with Crippen LogP contribution in [0.4, 0.5) is 0 Å². The summed E-state index contributed by atoms with van der Waals surface area (Å²) in [6.07, 6.45) is 128. The molecule has 0 saturated heterocycles. The summed E-state index contributed by atoms with van der Waals surface area (Å²) in [5, 5.41) is 0. The SMILES string of the molecule is CC/C=C\C/C=C\C/C=C\C/C=C\C/C=C\C/C=C\C/C=C\C/C=C\C/C=C\C/C=C\C/C=C\CCCCCCCCCC(=O)OC(COC(=O)CCCCCCCCCCCCCCCCCCCCCCCCCCCC/C=C\C/C=C\C/C=C\CCCCCCC)COP(=O)(O)OCCN. The number of carbonyl (C=O) groups is 2. The Morgan fingerprint density at radius 1 is 0.301 bits per heavy atom. The summed E-state index contributed by atoms with van der Waals surface area (Å²) < 4.78 is 33.3. The third-order valence-electron chi connectivity index (χ3n) is 18.1. The Morgan fingerprint density at radius 2 is 0.534 bits per heavy atom. The van der Waals surface area contributed by atoms with Crippen LogP contribution in [-0.2, 0) is 32.7 Å². The van der Waals surface area contributed by atoms with Crippen LogP contribution in [0.1, 0.15) is 373 Å². The Bertz CT molecular complexity index is 2310. The van der Waals surface area contributed by atoms with Crippen molar-refractivity contribution in [1.82, 2.24) is 0 Å². The molecule has 0 aliphatic heterocycles. The lowest BCUT2D eigenvalue weighted by molar-refractivity contribution is -0.161. The molecule has 0 amide bonds. The smallest absolute Gasteiger partial charge is 0.462 e. The van der Waals surface area contributed by atoms with E-state index < -0.39 is 26.5 Å². The number of carbonyl (C=O) groups excluding carboxylic acids is 2. The predicted octanol–water partition coefficient (Wildman–Crippen LogP) is 29.2. The van der Waals surface area contributed by atoms with E-state index in [1.807, 2.05) is 0 Å². The summed E-state index contributed by atoms with van der Waals surface area (Å²) in [5.74, 6) is -0.836. The molecule has 103 heavy (non-hydrogen) atoms. The van der Waals surface area contributed by atoms with Gasteiger partial charge in [-0.3, -0.25) is 18.6 Å². The molecular weight excluding hydrogens is 1290 g/mol. The van der Waals surface area contributed by atoms with E-state index >= 15 is 0 Å². The van der Waals surface area contributed by atoms with Crippen molar-refractivity contribution < 1.29 is 37.6 Å². The number of ether oxygens (including phenoxy) is 2. The van der Waals surface area contributed by atoms with Crippen LogP contribution in [0.25, 0.3) is 0 Å². The lowest BCUT2D eigenvalue weighted by Crippen LogP contribution is -2.29. The molecule has 0 spiro atoms. The maximum Gasteiger partial charge on any atom is 0.472 e. The van der Waals surface area contributed by atoms with Gasteiger partial charge in [-0.15, -0.1) is 0 Å². The van der Waals surface area contributed by atoms with Crippen molar-refractivity contribution in [2.45, 2.75) is 380 Å². The Kier molecular flexibility index (Phi) is 82.4. The molecule has 0 radical (unpaired) electrons. The predicted molar refractivity (Wildman–Crippen MR) is 449 cm³/mol. The van der Waals surface area contributed by atoms with Crippen LogP contribution in [-0.4, -0.2) is 49.3 Å². The lowest BCUT2D eigenvalue weighted by atomic mass is 10.0. The first kappa shape index (κ1) is 98.4. The van der Waals surface area contributed by atoms with E-state index in [1.165, 1.54) is 205 Å². The van der Waals surface area contributed by atoms with Crippen LogP contribution in [0.15, 0.2) is 170 Å². The van der Waals surface area contributed by atoms with E-state index in [0.29, 0.717) is 6.42 Å². The normalized spacial score (nSPS) is 13.7. The fourth-order valence-electron chi connectivity index (χ4n) is 11.8. The summed E-state index contributed by atoms with van der Waals surface area (Å²) in [6.45, 7) is 3.63. The number of unbranched alkanes of at least 4 members (excludes halogenated alkanes) is 38. The molecule has 0 aliphatic rings. The number of hydrogen-bond donors (Lipinski definition) is 2. The van der Waals surface area contributed by atoms with Gasteiger partial charge in [0, 0.05) is 19.4 Å². The molecule has 2 unspecified atom stereocenters. The molecule has 0 aliphatic carbocycles. The third kappa shape index (κ3) is 86.2. The molecule has 0 aromatic carbocycles. The Balaban J connectivity index is 3.86. The minimum atomic E-state index is -4.41. The topological polar surface area (TPSA) is 134 Å². The van der Waals surface area contributed by atoms with Crippen LogP contribution in [0.3, 0.4) is 0 Å². The van der Waals surface area contributed by atoms with Crippen LogP contribution >= 0.6 is 7.82 Å². The summed E-state index contributed by atoms with van der Waals surface area (Å²) in [5.41, 5.74) is 5.42. The van der Waals surface area contributed by atoms with Gasteiger partial charge in [0.2, 0.25) is 0 Å². The molecule has 0 rings (SSSR count). The van der Waals surface area contributed by atoms with Gasteiger partial charge in [-0.05, 0) is 135 Å². The van der Waals surface area contributed by atoms with E-state index in [2.05, 4.69) is 184 Å². The van der Waals surface area contributed by atoms with Gasteiger partial charge in [0.1, 0.15) is 6.61 Å². The van der Waals surface area contributed by atoms with Crippen molar-refractivity contribution in [3.63, 3.8) is 0 Å². The zero-order valence-electron chi connectivity index (χ0n) is 66.5. The van der Waals surface area contributed by atoms with Crippen LogP contribution in [0.2, 0.25) is 0 Å². The van der Waals surface area contributed by atoms with Crippen molar-refractivity contribution in [1.29, 1.82) is 0 Å². The summed E-state index contributed by atoms with van der Waals surface area (Å²) in [4.78, 5) is 35.5. The molecule has 3 N–H and O–H groups in total. The van der Waals surface area contributed by atoms with E-state index in [4.69, 9.17) is 24.3 Å². The van der Waals surface area contributed by atoms with E-state index in [0.717, 1.165) is 135 Å². The van der Waals surface area contributed by atoms with Gasteiger partial charge in [0.15, 0.2) is 6.10 Å². The first-order valence-electron chi connectivity index (χ1n) is 42.6. The van der Waals surface area contributed by atoms with Crippen molar-refractivity contribution in [3.8, 4) is 0 Å². The Morgan fingerprint density at radius 3 is 0.796 bits per heavy atom. The lowest BCUT2D eigenvalue weighted by Gasteiger charge is -2.19. The highest BCUT2D eigenvalue weighted by Crippen LogP contribution is 2.43. The highest BCUT2D eigenvalue weighted by atomic mass is 31.2. The second kappa shape index (κ2) is 86.3. The maximum absolute atomic E-state index is 12.8. The Hall–Kier alpha value is -4.63. The highest BCUT2D eigenvalue weighted by molar-refractivity contribution is 7.47. The van der Waals surface area contributed by atoms with E-state index in [-0.39, 0.29) is 38.6 Å². The fraction of sp³-hybridized carbons (Fsp3) is 0.677. The van der Waals surface area contributed by atoms with Gasteiger partial charge >= 0.3 is 19.8 Å². The van der Waals surface area contributed by atoms with Gasteiger partial charge in [-0.25, -0.2) is 4.57 Å². The minimum Gasteiger partial charge on any atom is -0.462 e. The number of esters is 2. The number of nitrogens with two attached hydrogens (primary N) is 1. The first-order chi connectivity index (χ1) is 50.8. The van der Waals surface area contributed by atoms with Gasteiger partial charge in [0.05, 0.1) is 13.2 Å². The Labute approximate surface area is 635 Å². The number of phosphoric acid groups is 1. The second-order valence-electron chi connectivity index (χ2n) is 28.0. The fourth-order valence-corrected chi connectivity index (χ4v) is 12.6. The van der Waals surface area contributed by atoms with Crippen molar-refractivity contribution in [3.05, 3.63) is 170 Å². The highest BCUT2D eigenvalue weighted by Gasteiger charge is 2.26. The van der Waals surface area contributed by atoms with Crippen LogP contribution < -0.4 is 5.73 Å². The molecule has 0 aromatic rings. The standard InChI is InChI=1S/C93H158NO8P/c1-3-5-7-9-11-13-15-17-19-21-23-25-27-29-31-33-35-37-39-41-43-45-47-49-51-53-55-57-59-61-63-65-67-69-71-73-75-77-79-81-83-85-92(95)99-89-91(90-101-103(97,98)100-88-87-94)102-93(96)86-84-82-80-78-76-74-72-70-68-66-64-62-60-58-56-54-52-50-48-46-44-42-40-38-36-34-32-30-28-26-24-22-20-18-16-14-12-10-8-6-4-2/h6,8,12,14-15,17-18,20-21,23-24,26-27,29-30,32,36,38,42,44,48,50,54,56,60,62,66,68,91H,3-5,7,9-11,13,16,19,22,25,28,31,33-35,37,39-41,43,45-47,49,51-53,55,57-59,61,63-65,67,69-90,94H2,1-2H3,(H,97,98)/b8-6-,14-12-,17-15-,20-18-,23-21-,26-24-,29-27-,32-30-,38-36-,44-42-,50-48-,56-54-,62-60-,68-66-. The molecule has 0 saturated carbocycles. The van der Waals surface area contributed by atoms with Gasteiger partial charge in [-0.1, -0.05) is 396 Å². The van der Waals surface area contributed by atoms with Crippen LogP contribution in [0.5, 0.6) is 0 Å². The molecule has 9 nitrogen and oxygen atoms in total.